The van der Waals surface area contributed by atoms with Crippen LogP contribution in [0.2, 0.25) is 0 Å². The number of hydrogen-bond donors (Lipinski definition) is 1. The maximum atomic E-state index is 5.61. The lowest BCUT2D eigenvalue weighted by atomic mass is 10.1. The first kappa shape index (κ1) is 13.0. The summed E-state index contributed by atoms with van der Waals surface area (Å²) in [6, 6.07) is 4.21. The van der Waals surface area contributed by atoms with Crippen molar-refractivity contribution in [3.63, 3.8) is 0 Å². The van der Waals surface area contributed by atoms with Crippen molar-refractivity contribution in [3.05, 3.63) is 45.7 Å². The van der Waals surface area contributed by atoms with Gasteiger partial charge in [0, 0.05) is 29.0 Å². The molecule has 0 saturated carbocycles. The van der Waals surface area contributed by atoms with E-state index in [1.54, 1.807) is 12.4 Å². The predicted octanol–water partition coefficient (Wildman–Crippen LogP) is 3.11. The first-order valence-corrected chi connectivity index (χ1v) is 6.35. The Labute approximate surface area is 114 Å². The second kappa shape index (κ2) is 5.46. The SMILES string of the molecule is Cc1cc(Oc2ncc(CN)cn2)cc(C)c1Br. The molecule has 0 fully saturated rings. The fraction of sp³-hybridized carbons (Fsp3) is 0.231. The third-order valence-electron chi connectivity index (χ3n) is 2.54. The number of hydrogen-bond acceptors (Lipinski definition) is 4. The minimum Gasteiger partial charge on any atom is -0.424 e. The molecule has 0 spiro atoms. The van der Waals surface area contributed by atoms with Gasteiger partial charge < -0.3 is 10.5 Å². The van der Waals surface area contributed by atoms with Crippen LogP contribution in [0.25, 0.3) is 0 Å². The molecule has 1 aromatic carbocycles. The van der Waals surface area contributed by atoms with Gasteiger partial charge in [0.15, 0.2) is 0 Å². The molecule has 0 atom stereocenters. The third-order valence-corrected chi connectivity index (χ3v) is 3.79. The van der Waals surface area contributed by atoms with Crippen LogP contribution in [-0.2, 0) is 6.54 Å². The largest absolute Gasteiger partial charge is 0.424 e. The molecule has 5 heteroatoms. The van der Waals surface area contributed by atoms with Crippen molar-refractivity contribution < 1.29 is 4.74 Å². The summed E-state index contributed by atoms with van der Waals surface area (Å²) < 4.78 is 6.70. The van der Waals surface area contributed by atoms with Crippen molar-refractivity contribution in [3.8, 4) is 11.8 Å². The second-order valence-corrected chi connectivity index (χ2v) is 4.84. The highest BCUT2D eigenvalue weighted by Crippen LogP contribution is 2.28. The molecule has 0 aliphatic carbocycles. The molecule has 0 aliphatic heterocycles. The molecular weight excluding hydrogens is 294 g/mol. The third kappa shape index (κ3) is 2.86. The molecule has 18 heavy (non-hydrogen) atoms. The minimum absolute atomic E-state index is 0.327. The molecule has 2 rings (SSSR count). The molecular formula is C13H14BrN3O. The van der Waals surface area contributed by atoms with Crippen LogP contribution in [0.1, 0.15) is 16.7 Å². The van der Waals surface area contributed by atoms with Gasteiger partial charge in [0.2, 0.25) is 0 Å². The van der Waals surface area contributed by atoms with Gasteiger partial charge in [0.05, 0.1) is 0 Å². The van der Waals surface area contributed by atoms with Gasteiger partial charge in [-0.05, 0) is 37.1 Å². The topological polar surface area (TPSA) is 61.0 Å². The van der Waals surface area contributed by atoms with Gasteiger partial charge in [-0.15, -0.1) is 0 Å². The highest BCUT2D eigenvalue weighted by atomic mass is 79.9. The van der Waals surface area contributed by atoms with E-state index in [9.17, 15) is 0 Å². The maximum absolute atomic E-state index is 5.61. The lowest BCUT2D eigenvalue weighted by Crippen LogP contribution is -1.99. The van der Waals surface area contributed by atoms with Gasteiger partial charge in [-0.2, -0.15) is 0 Å². The Kier molecular flexibility index (Phi) is 3.93. The van der Waals surface area contributed by atoms with Crippen molar-refractivity contribution in [1.29, 1.82) is 0 Å². The first-order valence-electron chi connectivity index (χ1n) is 5.55. The van der Waals surface area contributed by atoms with Crippen LogP contribution in [0.4, 0.5) is 0 Å². The van der Waals surface area contributed by atoms with E-state index in [1.807, 2.05) is 26.0 Å². The van der Waals surface area contributed by atoms with Crippen LogP contribution < -0.4 is 10.5 Å². The number of aryl methyl sites for hydroxylation is 2. The lowest BCUT2D eigenvalue weighted by molar-refractivity contribution is 0.440. The number of ether oxygens (including phenoxy) is 1. The van der Waals surface area contributed by atoms with Crippen molar-refractivity contribution in [2.45, 2.75) is 20.4 Å². The maximum Gasteiger partial charge on any atom is 0.321 e. The molecule has 2 N–H and O–H groups in total. The predicted molar refractivity (Wildman–Crippen MR) is 73.6 cm³/mol. The first-order chi connectivity index (χ1) is 8.60. The zero-order valence-corrected chi connectivity index (χ0v) is 11.9. The van der Waals surface area contributed by atoms with E-state index in [2.05, 4.69) is 25.9 Å². The monoisotopic (exact) mass is 307 g/mol. The number of nitrogens with zero attached hydrogens (tertiary/aromatic N) is 2. The fourth-order valence-electron chi connectivity index (χ4n) is 1.57. The average molecular weight is 308 g/mol. The fourth-order valence-corrected chi connectivity index (χ4v) is 1.80. The summed E-state index contributed by atoms with van der Waals surface area (Å²) in [6.07, 6.45) is 3.34. The Morgan fingerprint density at radius 1 is 1.17 bits per heavy atom. The Morgan fingerprint density at radius 2 is 1.72 bits per heavy atom. The van der Waals surface area contributed by atoms with Crippen LogP contribution in [-0.4, -0.2) is 9.97 Å². The van der Waals surface area contributed by atoms with E-state index in [4.69, 9.17) is 10.5 Å². The highest BCUT2D eigenvalue weighted by Gasteiger charge is 2.05. The van der Waals surface area contributed by atoms with Crippen LogP contribution in [0.3, 0.4) is 0 Å². The number of halogens is 1. The molecule has 0 bridgehead atoms. The molecule has 1 heterocycles. The normalized spacial score (nSPS) is 10.4. The van der Waals surface area contributed by atoms with E-state index in [-0.39, 0.29) is 0 Å². The van der Waals surface area contributed by atoms with Gasteiger partial charge in [0.1, 0.15) is 5.75 Å². The standard InChI is InChI=1S/C13H14BrN3O/c1-8-3-11(4-9(2)12(8)14)18-13-16-6-10(5-15)7-17-13/h3-4,6-7H,5,15H2,1-2H3. The summed E-state index contributed by atoms with van der Waals surface area (Å²) in [5, 5.41) is 0. The summed E-state index contributed by atoms with van der Waals surface area (Å²) in [5.74, 6) is 0.730. The number of nitrogens with two attached hydrogens (primary N) is 1. The van der Waals surface area contributed by atoms with E-state index < -0.39 is 0 Å². The molecule has 0 aliphatic rings. The zero-order chi connectivity index (χ0) is 13.1. The van der Waals surface area contributed by atoms with Crippen LogP contribution >= 0.6 is 15.9 Å². The Morgan fingerprint density at radius 3 is 2.22 bits per heavy atom. The molecule has 0 radical (unpaired) electrons. The summed E-state index contributed by atoms with van der Waals surface area (Å²) in [6.45, 7) is 4.46. The molecule has 94 valence electrons. The van der Waals surface area contributed by atoms with E-state index in [0.717, 1.165) is 26.9 Å². The molecule has 0 unspecified atom stereocenters. The summed E-state index contributed by atoms with van der Waals surface area (Å²) >= 11 is 3.52. The molecule has 2 aromatic rings. The van der Waals surface area contributed by atoms with E-state index >= 15 is 0 Å². The second-order valence-electron chi connectivity index (χ2n) is 4.05. The Bertz CT molecular complexity index is 532. The number of benzene rings is 1. The molecule has 0 amide bonds. The number of rotatable bonds is 3. The zero-order valence-electron chi connectivity index (χ0n) is 10.3. The molecule has 1 aromatic heterocycles. The van der Waals surface area contributed by atoms with Crippen LogP contribution in [0, 0.1) is 13.8 Å². The smallest absolute Gasteiger partial charge is 0.321 e. The molecule has 4 nitrogen and oxygen atoms in total. The van der Waals surface area contributed by atoms with Crippen LogP contribution in [0.5, 0.6) is 11.8 Å². The quantitative estimate of drug-likeness (QED) is 0.946. The van der Waals surface area contributed by atoms with Gasteiger partial charge >= 0.3 is 6.01 Å². The average Bonchev–Trinajstić information content (AvgIpc) is 2.37. The summed E-state index contributed by atoms with van der Waals surface area (Å²) in [7, 11) is 0. The van der Waals surface area contributed by atoms with Gasteiger partial charge in [-0.25, -0.2) is 9.97 Å². The van der Waals surface area contributed by atoms with Crippen molar-refractivity contribution in [2.75, 3.05) is 0 Å². The van der Waals surface area contributed by atoms with E-state index in [1.165, 1.54) is 0 Å². The summed E-state index contributed by atoms with van der Waals surface area (Å²) in [4.78, 5) is 8.20. The minimum atomic E-state index is 0.327. The van der Waals surface area contributed by atoms with Gasteiger partial charge in [-0.1, -0.05) is 15.9 Å². The van der Waals surface area contributed by atoms with E-state index in [0.29, 0.717) is 12.6 Å². The van der Waals surface area contributed by atoms with Gasteiger partial charge in [-0.3, -0.25) is 0 Å². The number of aromatic nitrogens is 2. The lowest BCUT2D eigenvalue weighted by Gasteiger charge is -2.08. The summed E-state index contributed by atoms with van der Waals surface area (Å²) in [5.41, 5.74) is 8.59. The van der Waals surface area contributed by atoms with Crippen molar-refractivity contribution >= 4 is 15.9 Å². The van der Waals surface area contributed by atoms with Crippen molar-refractivity contribution in [2.24, 2.45) is 5.73 Å². The highest BCUT2D eigenvalue weighted by molar-refractivity contribution is 9.10. The molecule has 0 saturated heterocycles. The van der Waals surface area contributed by atoms with Crippen molar-refractivity contribution in [1.82, 2.24) is 9.97 Å². The van der Waals surface area contributed by atoms with Crippen LogP contribution in [0.15, 0.2) is 29.0 Å². The van der Waals surface area contributed by atoms with Gasteiger partial charge in [0.25, 0.3) is 0 Å². The Balaban J connectivity index is 2.23. The Hall–Kier alpha value is -1.46.